The lowest BCUT2D eigenvalue weighted by Gasteiger charge is -2.24. The smallest absolute Gasteiger partial charge is 0.230 e. The first-order valence-electron chi connectivity index (χ1n) is 7.44. The molecule has 3 rings (SSSR count). The molecule has 6 heteroatoms. The molecule has 2 atom stereocenters. The van der Waals surface area contributed by atoms with Gasteiger partial charge in [0.1, 0.15) is 0 Å². The standard InChI is InChI=1S/C16H20N2O4/c1-11(19)18(12(2)20)14-5-3-13(4-6-14)17(7-15-9-21-15)8-16-10-22-16/h3-6,15-16H,7-10H2,1-2H3. The van der Waals surface area contributed by atoms with Gasteiger partial charge in [-0.25, -0.2) is 0 Å². The molecular formula is C16H20N2O4. The highest BCUT2D eigenvalue weighted by molar-refractivity contribution is 6.13. The molecule has 0 aliphatic carbocycles. The topological polar surface area (TPSA) is 65.7 Å². The number of nitrogens with zero attached hydrogens (tertiary/aromatic N) is 2. The SMILES string of the molecule is CC(=O)N(C(C)=O)c1ccc(N(CC2CO2)CC2CO2)cc1. The van der Waals surface area contributed by atoms with Gasteiger partial charge >= 0.3 is 0 Å². The number of hydrogen-bond acceptors (Lipinski definition) is 5. The third-order valence-corrected chi connectivity index (χ3v) is 3.76. The number of benzene rings is 1. The summed E-state index contributed by atoms with van der Waals surface area (Å²) < 4.78 is 10.6. The summed E-state index contributed by atoms with van der Waals surface area (Å²) in [5.41, 5.74) is 1.64. The molecule has 0 aromatic heterocycles. The van der Waals surface area contributed by atoms with E-state index in [9.17, 15) is 9.59 Å². The minimum absolute atomic E-state index is 0.283. The molecule has 2 heterocycles. The quantitative estimate of drug-likeness (QED) is 0.739. The van der Waals surface area contributed by atoms with Gasteiger partial charge in [0.25, 0.3) is 0 Å². The van der Waals surface area contributed by atoms with Crippen LogP contribution >= 0.6 is 0 Å². The van der Waals surface area contributed by atoms with E-state index < -0.39 is 0 Å². The summed E-state index contributed by atoms with van der Waals surface area (Å²) in [5, 5.41) is 0. The molecule has 0 N–H and O–H groups in total. The Morgan fingerprint density at radius 2 is 1.36 bits per heavy atom. The second-order valence-corrected chi connectivity index (χ2v) is 5.71. The molecule has 0 spiro atoms. The second kappa shape index (κ2) is 6.06. The highest BCUT2D eigenvalue weighted by atomic mass is 16.6. The monoisotopic (exact) mass is 304 g/mol. The lowest BCUT2D eigenvalue weighted by molar-refractivity contribution is -0.124. The van der Waals surface area contributed by atoms with E-state index in [-0.39, 0.29) is 11.8 Å². The molecule has 2 saturated heterocycles. The Kier molecular flexibility index (Phi) is 4.13. The van der Waals surface area contributed by atoms with Crippen molar-refractivity contribution in [2.45, 2.75) is 26.1 Å². The number of amides is 2. The van der Waals surface area contributed by atoms with Crippen LogP contribution in [0.2, 0.25) is 0 Å². The number of hydrogen-bond donors (Lipinski definition) is 0. The Hall–Kier alpha value is -1.92. The Bertz CT molecular complexity index is 536. The summed E-state index contributed by atoms with van der Waals surface area (Å²) in [7, 11) is 0. The zero-order valence-corrected chi connectivity index (χ0v) is 12.8. The zero-order valence-electron chi connectivity index (χ0n) is 12.8. The molecular weight excluding hydrogens is 284 g/mol. The molecule has 2 fully saturated rings. The molecule has 2 aliphatic rings. The maximum absolute atomic E-state index is 11.6. The molecule has 0 radical (unpaired) electrons. The number of epoxide rings is 2. The summed E-state index contributed by atoms with van der Waals surface area (Å²) in [5.74, 6) is -0.565. The maximum Gasteiger partial charge on any atom is 0.230 e. The van der Waals surface area contributed by atoms with Gasteiger partial charge in [-0.05, 0) is 24.3 Å². The lowest BCUT2D eigenvalue weighted by atomic mass is 10.2. The van der Waals surface area contributed by atoms with Crippen molar-refractivity contribution in [1.29, 1.82) is 0 Å². The van der Waals surface area contributed by atoms with Gasteiger partial charge in [-0.3, -0.25) is 14.5 Å². The Labute approximate surface area is 129 Å². The predicted octanol–water partition coefficient (Wildman–Crippen LogP) is 1.19. The summed E-state index contributed by atoms with van der Waals surface area (Å²) in [6.07, 6.45) is 0.591. The third-order valence-electron chi connectivity index (χ3n) is 3.76. The van der Waals surface area contributed by atoms with Gasteiger partial charge in [-0.2, -0.15) is 0 Å². The van der Waals surface area contributed by atoms with Crippen molar-refractivity contribution in [1.82, 2.24) is 0 Å². The van der Waals surface area contributed by atoms with Crippen LogP contribution < -0.4 is 9.80 Å². The van der Waals surface area contributed by atoms with Gasteiger partial charge in [0.05, 0.1) is 31.1 Å². The first-order valence-corrected chi connectivity index (χ1v) is 7.44. The number of imide groups is 1. The van der Waals surface area contributed by atoms with Crippen molar-refractivity contribution in [3.8, 4) is 0 Å². The Morgan fingerprint density at radius 3 is 1.73 bits per heavy atom. The van der Waals surface area contributed by atoms with Crippen molar-refractivity contribution in [3.63, 3.8) is 0 Å². The number of ether oxygens (including phenoxy) is 2. The minimum Gasteiger partial charge on any atom is -0.371 e. The summed E-state index contributed by atoms with van der Waals surface area (Å²) in [6.45, 7) is 6.06. The van der Waals surface area contributed by atoms with E-state index in [1.165, 1.54) is 18.7 Å². The van der Waals surface area contributed by atoms with Crippen molar-refractivity contribution in [3.05, 3.63) is 24.3 Å². The predicted molar refractivity (Wildman–Crippen MR) is 82.0 cm³/mol. The van der Waals surface area contributed by atoms with Gasteiger partial charge in [-0.15, -0.1) is 0 Å². The molecule has 118 valence electrons. The molecule has 0 bridgehead atoms. The highest BCUT2D eigenvalue weighted by Crippen LogP contribution is 2.25. The van der Waals surface area contributed by atoms with Crippen molar-refractivity contribution in [2.75, 3.05) is 36.1 Å². The maximum atomic E-state index is 11.6. The summed E-state index contributed by atoms with van der Waals surface area (Å²) >= 11 is 0. The number of carbonyl (C=O) groups is 2. The highest BCUT2D eigenvalue weighted by Gasteiger charge is 2.31. The average molecular weight is 304 g/mol. The van der Waals surface area contributed by atoms with Gasteiger partial charge in [0.2, 0.25) is 11.8 Å². The Morgan fingerprint density at radius 1 is 0.955 bits per heavy atom. The summed E-state index contributed by atoms with van der Waals surface area (Å²) in [6, 6.07) is 7.46. The van der Waals surface area contributed by atoms with E-state index in [0.717, 1.165) is 32.0 Å². The van der Waals surface area contributed by atoms with Crippen LogP contribution in [0.1, 0.15) is 13.8 Å². The molecule has 1 aromatic rings. The van der Waals surface area contributed by atoms with E-state index in [1.807, 2.05) is 12.1 Å². The number of anilines is 2. The van der Waals surface area contributed by atoms with E-state index in [1.54, 1.807) is 12.1 Å². The van der Waals surface area contributed by atoms with Gasteiger partial charge < -0.3 is 14.4 Å². The van der Waals surface area contributed by atoms with E-state index in [4.69, 9.17) is 9.47 Å². The summed E-state index contributed by atoms with van der Waals surface area (Å²) in [4.78, 5) is 26.5. The molecule has 22 heavy (non-hydrogen) atoms. The third kappa shape index (κ3) is 3.64. The van der Waals surface area contributed by atoms with Crippen LogP contribution in [0.15, 0.2) is 24.3 Å². The molecule has 6 nitrogen and oxygen atoms in total. The van der Waals surface area contributed by atoms with E-state index >= 15 is 0 Å². The van der Waals surface area contributed by atoms with Crippen LogP contribution in [0.4, 0.5) is 11.4 Å². The van der Waals surface area contributed by atoms with Crippen molar-refractivity contribution >= 4 is 23.2 Å². The fourth-order valence-corrected chi connectivity index (χ4v) is 2.52. The molecule has 2 amide bonds. The van der Waals surface area contributed by atoms with Crippen molar-refractivity contribution in [2.24, 2.45) is 0 Å². The van der Waals surface area contributed by atoms with Crippen molar-refractivity contribution < 1.29 is 19.1 Å². The second-order valence-electron chi connectivity index (χ2n) is 5.71. The number of carbonyl (C=O) groups excluding carboxylic acids is 2. The fraction of sp³-hybridized carbons (Fsp3) is 0.500. The Balaban J connectivity index is 1.75. The van der Waals surface area contributed by atoms with Crippen LogP contribution in [-0.4, -0.2) is 50.3 Å². The van der Waals surface area contributed by atoms with Gasteiger partial charge in [-0.1, -0.05) is 0 Å². The molecule has 0 saturated carbocycles. The molecule has 2 aliphatic heterocycles. The normalized spacial score (nSPS) is 22.1. The van der Waals surface area contributed by atoms with Crippen LogP contribution in [0, 0.1) is 0 Å². The minimum atomic E-state index is -0.283. The molecule has 1 aromatic carbocycles. The van der Waals surface area contributed by atoms with Crippen LogP contribution in [0.25, 0.3) is 0 Å². The van der Waals surface area contributed by atoms with Crippen LogP contribution in [0.3, 0.4) is 0 Å². The largest absolute Gasteiger partial charge is 0.371 e. The first-order chi connectivity index (χ1) is 10.5. The number of rotatable bonds is 6. The van der Waals surface area contributed by atoms with E-state index in [0.29, 0.717) is 17.9 Å². The zero-order chi connectivity index (χ0) is 15.7. The van der Waals surface area contributed by atoms with E-state index in [2.05, 4.69) is 4.90 Å². The fourth-order valence-electron chi connectivity index (χ4n) is 2.52. The van der Waals surface area contributed by atoms with Crippen LogP contribution in [0.5, 0.6) is 0 Å². The first kappa shape index (κ1) is 15.0. The molecule has 2 unspecified atom stereocenters. The average Bonchev–Trinajstić information content (AvgIpc) is 3.33. The van der Waals surface area contributed by atoms with Crippen LogP contribution in [-0.2, 0) is 19.1 Å². The lowest BCUT2D eigenvalue weighted by Crippen LogP contribution is -2.33. The van der Waals surface area contributed by atoms with Gasteiger partial charge in [0.15, 0.2) is 0 Å². The van der Waals surface area contributed by atoms with Gasteiger partial charge in [0, 0.05) is 32.6 Å².